The minimum Gasteiger partial charge on any atom is -0.314 e. The first-order valence-electron chi connectivity index (χ1n) is 8.09. The zero-order valence-electron chi connectivity index (χ0n) is 13.1. The van der Waals surface area contributed by atoms with Crippen LogP contribution in [0.3, 0.4) is 0 Å². The second kappa shape index (κ2) is 7.72. The maximum Gasteiger partial charge on any atom is 0.281 e. The van der Waals surface area contributed by atoms with E-state index in [1.165, 1.54) is 17.1 Å². The summed E-state index contributed by atoms with van der Waals surface area (Å²) in [6.45, 7) is 6.52. The molecule has 0 radical (unpaired) electrons. The number of allylic oxidation sites excluding steroid dienone is 1. The minimum atomic E-state index is -3.29. The predicted octanol–water partition coefficient (Wildman–Crippen LogP) is 1.59. The van der Waals surface area contributed by atoms with Gasteiger partial charge in [-0.15, -0.1) is 6.58 Å². The van der Waals surface area contributed by atoms with Gasteiger partial charge in [-0.3, -0.25) is 0 Å². The molecule has 0 aromatic heterocycles. The van der Waals surface area contributed by atoms with E-state index in [9.17, 15) is 8.42 Å². The van der Waals surface area contributed by atoms with Crippen LogP contribution >= 0.6 is 0 Å². The molecule has 0 spiro atoms. The van der Waals surface area contributed by atoms with Crippen molar-refractivity contribution >= 4 is 10.2 Å². The van der Waals surface area contributed by atoms with Gasteiger partial charge in [0.25, 0.3) is 10.2 Å². The van der Waals surface area contributed by atoms with Crippen LogP contribution in [0.15, 0.2) is 12.7 Å². The molecule has 1 atom stereocenters. The topological polar surface area (TPSA) is 52.7 Å². The number of hydrogen-bond donors (Lipinski definition) is 1. The maximum atomic E-state index is 12.6. The molecule has 2 aliphatic rings. The Morgan fingerprint density at radius 2 is 2.14 bits per heavy atom. The van der Waals surface area contributed by atoms with E-state index >= 15 is 0 Å². The van der Waals surface area contributed by atoms with Gasteiger partial charge in [0.1, 0.15) is 0 Å². The van der Waals surface area contributed by atoms with Gasteiger partial charge in [-0.1, -0.05) is 6.08 Å². The van der Waals surface area contributed by atoms with E-state index in [4.69, 9.17) is 0 Å². The Hall–Kier alpha value is -0.430. The molecule has 0 amide bonds. The molecule has 122 valence electrons. The lowest BCUT2D eigenvalue weighted by Crippen LogP contribution is -2.48. The van der Waals surface area contributed by atoms with Crippen LogP contribution in [0.1, 0.15) is 38.5 Å². The number of nitrogens with one attached hydrogen (secondary N) is 1. The quantitative estimate of drug-likeness (QED) is 0.519. The van der Waals surface area contributed by atoms with Crippen LogP contribution in [-0.4, -0.2) is 56.3 Å². The fourth-order valence-corrected chi connectivity index (χ4v) is 4.31. The highest BCUT2D eigenvalue weighted by molar-refractivity contribution is 7.86. The lowest BCUT2D eigenvalue weighted by molar-refractivity contribution is 0.246. The van der Waals surface area contributed by atoms with E-state index in [2.05, 4.69) is 11.9 Å². The first kappa shape index (κ1) is 16.9. The zero-order valence-corrected chi connectivity index (χ0v) is 13.9. The van der Waals surface area contributed by atoms with E-state index < -0.39 is 10.2 Å². The normalized spacial score (nSPS) is 24.4. The molecule has 5 nitrogen and oxygen atoms in total. The largest absolute Gasteiger partial charge is 0.314 e. The number of nitrogens with zero attached hydrogens (tertiary/aromatic N) is 2. The number of hydrogen-bond acceptors (Lipinski definition) is 3. The van der Waals surface area contributed by atoms with Crippen LogP contribution in [0.25, 0.3) is 0 Å². The molecular weight excluding hydrogens is 286 g/mol. The van der Waals surface area contributed by atoms with Crippen LogP contribution in [0, 0.1) is 5.92 Å². The second-order valence-corrected chi connectivity index (χ2v) is 8.34. The summed E-state index contributed by atoms with van der Waals surface area (Å²) in [5.41, 5.74) is 0. The first-order chi connectivity index (χ1) is 10.0. The lowest BCUT2D eigenvalue weighted by atomic mass is 10.00. The van der Waals surface area contributed by atoms with E-state index in [0.29, 0.717) is 31.6 Å². The van der Waals surface area contributed by atoms with Crippen molar-refractivity contribution in [1.82, 2.24) is 13.9 Å². The predicted molar refractivity (Wildman–Crippen MR) is 86.3 cm³/mol. The van der Waals surface area contributed by atoms with Crippen molar-refractivity contribution < 1.29 is 8.42 Å². The van der Waals surface area contributed by atoms with Crippen molar-refractivity contribution in [3.63, 3.8) is 0 Å². The third-order valence-electron chi connectivity index (χ3n) is 4.36. The summed E-state index contributed by atoms with van der Waals surface area (Å²) in [5, 5.41) is 3.52. The fraction of sp³-hybridized carbons (Fsp3) is 0.867. The van der Waals surface area contributed by atoms with Crippen molar-refractivity contribution in [2.75, 3.05) is 33.2 Å². The monoisotopic (exact) mass is 315 g/mol. The minimum absolute atomic E-state index is 0.454. The molecule has 0 bridgehead atoms. The van der Waals surface area contributed by atoms with Gasteiger partial charge in [0.05, 0.1) is 0 Å². The van der Waals surface area contributed by atoms with Gasteiger partial charge in [-0.25, -0.2) is 0 Å². The van der Waals surface area contributed by atoms with Crippen molar-refractivity contribution in [2.24, 2.45) is 5.92 Å². The molecule has 1 unspecified atom stereocenters. The van der Waals surface area contributed by atoms with Gasteiger partial charge in [0, 0.05) is 32.7 Å². The molecule has 0 aromatic carbocycles. The average Bonchev–Trinajstić information content (AvgIpc) is 3.30. The van der Waals surface area contributed by atoms with Crippen molar-refractivity contribution in [3.8, 4) is 0 Å². The van der Waals surface area contributed by atoms with Crippen LogP contribution < -0.4 is 5.32 Å². The number of piperidine rings is 1. The Kier molecular flexibility index (Phi) is 6.22. The van der Waals surface area contributed by atoms with Crippen LogP contribution in [0.4, 0.5) is 0 Å². The molecule has 1 heterocycles. The third-order valence-corrected chi connectivity index (χ3v) is 6.31. The lowest BCUT2D eigenvalue weighted by Gasteiger charge is -2.34. The molecule has 21 heavy (non-hydrogen) atoms. The Bertz CT molecular complexity index is 434. The van der Waals surface area contributed by atoms with E-state index in [1.54, 1.807) is 11.4 Å². The van der Waals surface area contributed by atoms with Crippen molar-refractivity contribution in [3.05, 3.63) is 12.7 Å². The summed E-state index contributed by atoms with van der Waals surface area (Å²) in [6.07, 6.45) is 8.18. The molecule has 1 saturated carbocycles. The van der Waals surface area contributed by atoms with Crippen LogP contribution in [0.2, 0.25) is 0 Å². The van der Waals surface area contributed by atoms with Gasteiger partial charge in [0.2, 0.25) is 0 Å². The summed E-state index contributed by atoms with van der Waals surface area (Å²) >= 11 is 0. The van der Waals surface area contributed by atoms with E-state index in [1.807, 2.05) is 6.08 Å². The van der Waals surface area contributed by atoms with Crippen LogP contribution in [0.5, 0.6) is 0 Å². The van der Waals surface area contributed by atoms with Gasteiger partial charge < -0.3 is 5.32 Å². The molecule has 2 fully saturated rings. The van der Waals surface area contributed by atoms with Gasteiger partial charge >= 0.3 is 0 Å². The van der Waals surface area contributed by atoms with E-state index in [-0.39, 0.29) is 0 Å². The molecule has 2 rings (SSSR count). The Labute approximate surface area is 129 Å². The van der Waals surface area contributed by atoms with Gasteiger partial charge in [-0.05, 0) is 51.0 Å². The number of rotatable bonds is 9. The molecule has 0 aromatic rings. The summed E-state index contributed by atoms with van der Waals surface area (Å²) in [5.74, 6) is 0.454. The highest BCUT2D eigenvalue weighted by Crippen LogP contribution is 2.23. The summed E-state index contributed by atoms with van der Waals surface area (Å²) in [7, 11) is -1.61. The Balaban J connectivity index is 1.83. The maximum absolute atomic E-state index is 12.6. The van der Waals surface area contributed by atoms with Gasteiger partial charge in [-0.2, -0.15) is 17.0 Å². The molecular formula is C15H29N3O2S. The molecule has 1 aliphatic carbocycles. The second-order valence-electron chi connectivity index (χ2n) is 6.31. The third kappa shape index (κ3) is 5.06. The highest BCUT2D eigenvalue weighted by Gasteiger charge is 2.32. The summed E-state index contributed by atoms with van der Waals surface area (Å²) < 4.78 is 28.3. The van der Waals surface area contributed by atoms with Gasteiger partial charge in [0.15, 0.2) is 0 Å². The molecule has 6 heteroatoms. The van der Waals surface area contributed by atoms with Crippen molar-refractivity contribution in [2.45, 2.75) is 44.6 Å². The summed E-state index contributed by atoms with van der Waals surface area (Å²) in [6, 6.07) is 0.693. The molecule has 1 saturated heterocycles. The summed E-state index contributed by atoms with van der Waals surface area (Å²) in [4.78, 5) is 0. The molecule has 1 N–H and O–H groups in total. The van der Waals surface area contributed by atoms with Crippen molar-refractivity contribution in [1.29, 1.82) is 0 Å². The average molecular weight is 315 g/mol. The Morgan fingerprint density at radius 1 is 1.38 bits per heavy atom. The number of unbranched alkanes of at least 4 members (excludes halogenated alkanes) is 1. The first-order valence-corrected chi connectivity index (χ1v) is 9.49. The smallest absolute Gasteiger partial charge is 0.281 e. The fourth-order valence-electron chi connectivity index (χ4n) is 2.79. The van der Waals surface area contributed by atoms with Crippen LogP contribution in [-0.2, 0) is 10.2 Å². The highest BCUT2D eigenvalue weighted by atomic mass is 32.2. The van der Waals surface area contributed by atoms with E-state index in [0.717, 1.165) is 32.2 Å². The standard InChI is InChI=1S/C15H29N3O2S/c1-3-4-5-10-17(2)21(19,20)18-11-6-7-14(13-18)12-16-15-8-9-15/h3,14-16H,1,4-13H2,2H3. The SMILES string of the molecule is C=CCCCN(C)S(=O)(=O)N1CCCC(CNC2CC2)C1. The zero-order chi connectivity index (χ0) is 15.3. The Morgan fingerprint density at radius 3 is 2.81 bits per heavy atom. The molecule has 1 aliphatic heterocycles.